The van der Waals surface area contributed by atoms with Gasteiger partial charge in [0.05, 0.1) is 5.56 Å². The van der Waals surface area contributed by atoms with Gasteiger partial charge in [0, 0.05) is 33.5 Å². The van der Waals surface area contributed by atoms with Gasteiger partial charge in [0.1, 0.15) is 0 Å². The van der Waals surface area contributed by atoms with E-state index in [2.05, 4.69) is 71.9 Å². The number of nitrogens with zero attached hydrogens (tertiary/aromatic N) is 1. The molecule has 138 valence electrons. The zero-order valence-corrected chi connectivity index (χ0v) is 17.2. The monoisotopic (exact) mass is 423 g/mol. The number of carboxylic acid groups (broad SMARTS) is 1. The van der Waals surface area contributed by atoms with Crippen LogP contribution >= 0.6 is 15.9 Å². The Bertz CT molecular complexity index is 1040. The van der Waals surface area contributed by atoms with Gasteiger partial charge in [-0.2, -0.15) is 0 Å². The first-order valence-corrected chi connectivity index (χ1v) is 9.90. The van der Waals surface area contributed by atoms with E-state index in [1.807, 2.05) is 12.1 Å². The molecule has 0 fully saturated rings. The van der Waals surface area contributed by atoms with Gasteiger partial charge in [-0.25, -0.2) is 4.79 Å². The Hall–Kier alpha value is -2.33. The van der Waals surface area contributed by atoms with Gasteiger partial charge in [0.2, 0.25) is 0 Å². The lowest BCUT2D eigenvalue weighted by atomic mass is 9.81. The Labute approximate surface area is 167 Å². The van der Waals surface area contributed by atoms with E-state index in [0.717, 1.165) is 16.6 Å². The van der Waals surface area contributed by atoms with Crippen molar-refractivity contribution >= 4 is 38.4 Å². The predicted molar refractivity (Wildman–Crippen MR) is 114 cm³/mol. The zero-order valence-electron chi connectivity index (χ0n) is 15.7. The van der Waals surface area contributed by atoms with Crippen LogP contribution in [0.25, 0.3) is 10.8 Å². The molecule has 1 N–H and O–H groups in total. The standard InChI is InChI=1S/C23H22BrNO2/c1-14-23(2,3)19-12-20(24)17-6-4-5-7-18(17)21(19)25(14)13-15-8-10-16(11-9-15)22(26)27/h4-12,14H,13H2,1-3H3,(H,26,27). The van der Waals surface area contributed by atoms with Crippen LogP contribution in [0.2, 0.25) is 0 Å². The van der Waals surface area contributed by atoms with Gasteiger partial charge in [0.25, 0.3) is 0 Å². The Morgan fingerprint density at radius 1 is 1.11 bits per heavy atom. The number of rotatable bonds is 3. The third-order valence-electron chi connectivity index (χ3n) is 6.01. The van der Waals surface area contributed by atoms with Gasteiger partial charge in [-0.05, 0) is 41.6 Å². The predicted octanol–water partition coefficient (Wildman–Crippen LogP) is 5.99. The van der Waals surface area contributed by atoms with Crippen LogP contribution in [0, 0.1) is 0 Å². The highest BCUT2D eigenvalue weighted by Crippen LogP contribution is 2.50. The first kappa shape index (κ1) is 18.1. The lowest BCUT2D eigenvalue weighted by molar-refractivity contribution is 0.0697. The molecule has 3 nitrogen and oxygen atoms in total. The third-order valence-corrected chi connectivity index (χ3v) is 6.67. The molecule has 1 aliphatic rings. The Morgan fingerprint density at radius 3 is 2.37 bits per heavy atom. The van der Waals surface area contributed by atoms with Crippen LogP contribution in [-0.4, -0.2) is 17.1 Å². The van der Waals surface area contributed by atoms with Crippen LogP contribution < -0.4 is 4.90 Å². The summed E-state index contributed by atoms with van der Waals surface area (Å²) >= 11 is 3.76. The second-order valence-corrected chi connectivity index (χ2v) is 8.68. The molecule has 0 saturated carbocycles. The summed E-state index contributed by atoms with van der Waals surface area (Å²) in [6, 6.07) is 18.3. The number of aromatic carboxylic acids is 1. The zero-order chi connectivity index (χ0) is 19.3. The summed E-state index contributed by atoms with van der Waals surface area (Å²) in [5.41, 5.74) is 4.09. The van der Waals surface area contributed by atoms with Crippen molar-refractivity contribution in [2.45, 2.75) is 38.8 Å². The van der Waals surface area contributed by atoms with Gasteiger partial charge in [-0.1, -0.05) is 66.2 Å². The van der Waals surface area contributed by atoms with E-state index in [1.165, 1.54) is 22.0 Å². The molecule has 1 heterocycles. The van der Waals surface area contributed by atoms with E-state index in [1.54, 1.807) is 12.1 Å². The molecule has 0 radical (unpaired) electrons. The van der Waals surface area contributed by atoms with Crippen LogP contribution in [0.4, 0.5) is 5.69 Å². The maximum Gasteiger partial charge on any atom is 0.335 e. The number of fused-ring (bicyclic) bond motifs is 3. The lowest BCUT2D eigenvalue weighted by Crippen LogP contribution is -2.38. The number of hydrogen-bond donors (Lipinski definition) is 1. The van der Waals surface area contributed by atoms with Crippen molar-refractivity contribution in [2.75, 3.05) is 4.90 Å². The normalized spacial score (nSPS) is 17.9. The van der Waals surface area contributed by atoms with E-state index < -0.39 is 5.97 Å². The van der Waals surface area contributed by atoms with Gasteiger partial charge in [-0.3, -0.25) is 0 Å². The number of hydrogen-bond acceptors (Lipinski definition) is 2. The second-order valence-electron chi connectivity index (χ2n) is 7.83. The third kappa shape index (κ3) is 2.83. The van der Waals surface area contributed by atoms with Gasteiger partial charge in [0.15, 0.2) is 0 Å². The molecule has 4 heteroatoms. The number of benzene rings is 3. The Morgan fingerprint density at radius 2 is 1.74 bits per heavy atom. The van der Waals surface area contributed by atoms with E-state index in [-0.39, 0.29) is 5.41 Å². The summed E-state index contributed by atoms with van der Waals surface area (Å²) in [4.78, 5) is 13.6. The maximum atomic E-state index is 11.1. The van der Waals surface area contributed by atoms with Crippen molar-refractivity contribution in [3.8, 4) is 0 Å². The van der Waals surface area contributed by atoms with E-state index in [4.69, 9.17) is 5.11 Å². The summed E-state index contributed by atoms with van der Waals surface area (Å²) in [7, 11) is 0. The van der Waals surface area contributed by atoms with Crippen molar-refractivity contribution in [3.63, 3.8) is 0 Å². The van der Waals surface area contributed by atoms with Gasteiger partial charge < -0.3 is 10.0 Å². The molecule has 1 aliphatic heterocycles. The first-order valence-electron chi connectivity index (χ1n) is 9.11. The molecule has 1 unspecified atom stereocenters. The first-order chi connectivity index (χ1) is 12.8. The van der Waals surface area contributed by atoms with Gasteiger partial charge >= 0.3 is 5.97 Å². The molecule has 0 aromatic heterocycles. The lowest BCUT2D eigenvalue weighted by Gasteiger charge is -2.31. The molecular formula is C23H22BrNO2. The largest absolute Gasteiger partial charge is 0.478 e. The molecule has 0 spiro atoms. The molecule has 27 heavy (non-hydrogen) atoms. The quantitative estimate of drug-likeness (QED) is 0.562. The number of halogens is 1. The van der Waals surface area contributed by atoms with Crippen LogP contribution in [0.3, 0.4) is 0 Å². The summed E-state index contributed by atoms with van der Waals surface area (Å²) < 4.78 is 1.13. The number of carboxylic acids is 1. The Balaban J connectivity index is 1.84. The molecule has 0 amide bonds. The highest BCUT2D eigenvalue weighted by Gasteiger charge is 2.43. The smallest absolute Gasteiger partial charge is 0.335 e. The molecule has 4 rings (SSSR count). The summed E-state index contributed by atoms with van der Waals surface area (Å²) in [5, 5.41) is 11.6. The average molecular weight is 424 g/mol. The fourth-order valence-electron chi connectivity index (χ4n) is 4.09. The molecule has 3 aromatic carbocycles. The summed E-state index contributed by atoms with van der Waals surface area (Å²) in [6.07, 6.45) is 0. The highest BCUT2D eigenvalue weighted by atomic mass is 79.9. The SMILES string of the molecule is CC1N(Cc2ccc(C(=O)O)cc2)c2c(cc(Br)c3ccccc23)C1(C)C. The number of anilines is 1. The molecule has 1 atom stereocenters. The molecule has 0 bridgehead atoms. The minimum absolute atomic E-state index is 0.0168. The Kier molecular flexibility index (Phi) is 4.26. The summed E-state index contributed by atoms with van der Waals surface area (Å²) in [5.74, 6) is -0.890. The minimum Gasteiger partial charge on any atom is -0.478 e. The fraction of sp³-hybridized carbons (Fsp3) is 0.261. The van der Waals surface area contributed by atoms with Crippen molar-refractivity contribution in [1.82, 2.24) is 0 Å². The van der Waals surface area contributed by atoms with Crippen LogP contribution in [0.5, 0.6) is 0 Å². The molecule has 3 aromatic rings. The topological polar surface area (TPSA) is 40.5 Å². The molecular weight excluding hydrogens is 402 g/mol. The van der Waals surface area contributed by atoms with E-state index in [0.29, 0.717) is 11.6 Å². The van der Waals surface area contributed by atoms with Crippen molar-refractivity contribution in [1.29, 1.82) is 0 Å². The van der Waals surface area contributed by atoms with Crippen molar-refractivity contribution < 1.29 is 9.90 Å². The fourth-order valence-corrected chi connectivity index (χ4v) is 4.66. The molecule has 0 aliphatic carbocycles. The average Bonchev–Trinajstić information content (AvgIpc) is 2.83. The maximum absolute atomic E-state index is 11.1. The van der Waals surface area contributed by atoms with Crippen LogP contribution in [0.1, 0.15) is 42.3 Å². The highest BCUT2D eigenvalue weighted by molar-refractivity contribution is 9.10. The van der Waals surface area contributed by atoms with Crippen LogP contribution in [-0.2, 0) is 12.0 Å². The summed E-state index contributed by atoms with van der Waals surface area (Å²) in [6.45, 7) is 7.62. The van der Waals surface area contributed by atoms with Crippen LogP contribution in [0.15, 0.2) is 59.1 Å². The minimum atomic E-state index is -0.890. The van der Waals surface area contributed by atoms with E-state index >= 15 is 0 Å². The second kappa shape index (κ2) is 6.38. The van der Waals surface area contributed by atoms with E-state index in [9.17, 15) is 4.79 Å². The molecule has 0 saturated heterocycles. The van der Waals surface area contributed by atoms with Gasteiger partial charge in [-0.15, -0.1) is 0 Å². The van der Waals surface area contributed by atoms with Crippen molar-refractivity contribution in [2.24, 2.45) is 0 Å². The number of carbonyl (C=O) groups is 1. The van der Waals surface area contributed by atoms with Crippen molar-refractivity contribution in [3.05, 3.63) is 75.8 Å².